The number of para-hydroxylation sites is 1. The van der Waals surface area contributed by atoms with Crippen molar-refractivity contribution >= 4 is 6.21 Å². The van der Waals surface area contributed by atoms with Crippen molar-refractivity contribution in [3.8, 4) is 17.6 Å². The summed E-state index contributed by atoms with van der Waals surface area (Å²) in [7, 11) is 0. The van der Waals surface area contributed by atoms with E-state index in [1.807, 2.05) is 42.5 Å². The van der Waals surface area contributed by atoms with E-state index in [2.05, 4.69) is 65.7 Å². The van der Waals surface area contributed by atoms with Gasteiger partial charge in [0.25, 0.3) is 0 Å². The fourth-order valence-corrected chi connectivity index (χ4v) is 4.72. The van der Waals surface area contributed by atoms with E-state index in [0.717, 1.165) is 17.9 Å². The Hall–Kier alpha value is -3.62. The number of nitrogens with zero attached hydrogens (tertiary/aromatic N) is 3. The Morgan fingerprint density at radius 3 is 2.47 bits per heavy atom. The summed E-state index contributed by atoms with van der Waals surface area (Å²) in [5.74, 6) is 1.36. The van der Waals surface area contributed by atoms with Crippen molar-refractivity contribution in [1.82, 2.24) is 10.3 Å². The first-order valence-electron chi connectivity index (χ1n) is 11.0. The molecule has 2 heterocycles. The largest absolute Gasteiger partial charge is 0.457 e. The van der Waals surface area contributed by atoms with Gasteiger partial charge in [-0.25, -0.2) is 0 Å². The number of ether oxygens (including phenoxy) is 1. The molecule has 2 aliphatic heterocycles. The maximum atomic E-state index is 9.66. The SMILES string of the molecule is Cc1ccc(C2CC(c3ccc(Oc4ccccc4)cc3)NC3C(C#N)C=NN23)c(C)c1. The molecule has 0 bridgehead atoms. The third kappa shape index (κ3) is 3.86. The second-order valence-electron chi connectivity index (χ2n) is 8.56. The van der Waals surface area contributed by atoms with Crippen LogP contribution in [0.2, 0.25) is 0 Å². The number of hydrogen-bond acceptors (Lipinski definition) is 5. The van der Waals surface area contributed by atoms with E-state index < -0.39 is 0 Å². The molecule has 4 atom stereocenters. The number of fused-ring (bicyclic) bond motifs is 1. The number of rotatable bonds is 4. The van der Waals surface area contributed by atoms with E-state index in [9.17, 15) is 5.26 Å². The minimum atomic E-state index is -0.272. The van der Waals surface area contributed by atoms with Gasteiger partial charge in [0.1, 0.15) is 23.6 Å². The van der Waals surface area contributed by atoms with E-state index in [1.54, 1.807) is 6.21 Å². The average Bonchev–Trinajstić information content (AvgIpc) is 3.23. The highest BCUT2D eigenvalue weighted by atomic mass is 16.5. The van der Waals surface area contributed by atoms with Gasteiger partial charge in [-0.15, -0.1) is 0 Å². The number of nitrogens with one attached hydrogen (secondary N) is 1. The van der Waals surface area contributed by atoms with Crippen LogP contribution in [0.15, 0.2) is 77.9 Å². The Kier molecular flexibility index (Phi) is 5.38. The minimum Gasteiger partial charge on any atom is -0.457 e. The molecule has 5 heteroatoms. The first kappa shape index (κ1) is 20.3. The van der Waals surface area contributed by atoms with Gasteiger partial charge < -0.3 is 4.74 Å². The highest BCUT2D eigenvalue weighted by Crippen LogP contribution is 2.41. The van der Waals surface area contributed by atoms with Crippen LogP contribution in [-0.4, -0.2) is 17.4 Å². The molecule has 32 heavy (non-hydrogen) atoms. The lowest BCUT2D eigenvalue weighted by Gasteiger charge is -2.43. The Labute approximate surface area is 188 Å². The van der Waals surface area contributed by atoms with Crippen molar-refractivity contribution in [3.05, 3.63) is 95.1 Å². The lowest BCUT2D eigenvalue weighted by atomic mass is 9.88. The van der Waals surface area contributed by atoms with Gasteiger partial charge in [0.2, 0.25) is 0 Å². The Morgan fingerprint density at radius 2 is 1.75 bits per heavy atom. The fraction of sp³-hybridized carbons (Fsp3) is 0.259. The van der Waals surface area contributed by atoms with Crippen LogP contribution in [0.5, 0.6) is 11.5 Å². The number of aryl methyl sites for hydroxylation is 2. The van der Waals surface area contributed by atoms with Crippen molar-refractivity contribution < 1.29 is 4.74 Å². The van der Waals surface area contributed by atoms with E-state index in [-0.39, 0.29) is 24.2 Å². The van der Waals surface area contributed by atoms with E-state index in [1.165, 1.54) is 22.3 Å². The van der Waals surface area contributed by atoms with Crippen LogP contribution in [-0.2, 0) is 0 Å². The fourth-order valence-electron chi connectivity index (χ4n) is 4.72. The van der Waals surface area contributed by atoms with E-state index >= 15 is 0 Å². The zero-order valence-corrected chi connectivity index (χ0v) is 18.3. The molecule has 0 spiro atoms. The van der Waals surface area contributed by atoms with Gasteiger partial charge in [-0.1, -0.05) is 54.1 Å². The average molecular weight is 423 g/mol. The second-order valence-corrected chi connectivity index (χ2v) is 8.56. The minimum absolute atomic E-state index is 0.113. The van der Waals surface area contributed by atoms with Crippen molar-refractivity contribution in [2.45, 2.75) is 38.5 Å². The highest BCUT2D eigenvalue weighted by Gasteiger charge is 2.43. The van der Waals surface area contributed by atoms with Crippen molar-refractivity contribution in [2.75, 3.05) is 0 Å². The van der Waals surface area contributed by atoms with Crippen molar-refractivity contribution in [1.29, 1.82) is 5.26 Å². The van der Waals surface area contributed by atoms with Gasteiger partial charge in [-0.2, -0.15) is 10.4 Å². The van der Waals surface area contributed by atoms with E-state index in [0.29, 0.717) is 0 Å². The molecule has 1 fully saturated rings. The molecule has 0 radical (unpaired) electrons. The maximum absolute atomic E-state index is 9.66. The van der Waals surface area contributed by atoms with Crippen LogP contribution < -0.4 is 10.1 Å². The van der Waals surface area contributed by atoms with Gasteiger partial charge in [-0.05, 0) is 61.2 Å². The molecular formula is C27H26N4O. The zero-order valence-electron chi connectivity index (χ0n) is 18.3. The monoisotopic (exact) mass is 422 g/mol. The lowest BCUT2D eigenvalue weighted by molar-refractivity contribution is 0.0539. The number of nitriles is 1. The van der Waals surface area contributed by atoms with Crippen molar-refractivity contribution in [2.24, 2.45) is 11.0 Å². The quantitative estimate of drug-likeness (QED) is 0.591. The number of hydrazone groups is 1. The van der Waals surface area contributed by atoms with Crippen LogP contribution in [0.4, 0.5) is 0 Å². The normalized spacial score (nSPS) is 24.1. The van der Waals surface area contributed by atoms with Crippen LogP contribution in [0, 0.1) is 31.1 Å². The van der Waals surface area contributed by atoms with Crippen LogP contribution >= 0.6 is 0 Å². The van der Waals surface area contributed by atoms with Gasteiger partial charge in [0.05, 0.1) is 12.1 Å². The Morgan fingerprint density at radius 1 is 1.00 bits per heavy atom. The van der Waals surface area contributed by atoms with Gasteiger partial charge in [-0.3, -0.25) is 10.3 Å². The molecule has 4 unspecified atom stereocenters. The molecule has 0 amide bonds. The highest BCUT2D eigenvalue weighted by molar-refractivity contribution is 5.67. The summed E-state index contributed by atoms with van der Waals surface area (Å²) in [6, 6.07) is 27.2. The third-order valence-corrected chi connectivity index (χ3v) is 6.33. The molecule has 0 saturated carbocycles. The van der Waals surface area contributed by atoms with Crippen LogP contribution in [0.3, 0.4) is 0 Å². The summed E-state index contributed by atoms with van der Waals surface area (Å²) in [5, 5.41) is 20.0. The Bertz CT molecular complexity index is 1170. The third-order valence-electron chi connectivity index (χ3n) is 6.33. The molecular weight excluding hydrogens is 396 g/mol. The molecule has 160 valence electrons. The van der Waals surface area contributed by atoms with Crippen LogP contribution in [0.1, 0.15) is 40.8 Å². The molecule has 1 N–H and O–H groups in total. The summed E-state index contributed by atoms with van der Waals surface area (Å²) in [6.07, 6.45) is 2.51. The molecule has 0 aromatic heterocycles. The maximum Gasteiger partial charge on any atom is 0.127 e. The first-order valence-corrected chi connectivity index (χ1v) is 11.0. The molecule has 1 saturated heterocycles. The molecule has 3 aromatic rings. The molecule has 3 aromatic carbocycles. The zero-order chi connectivity index (χ0) is 22.1. The smallest absolute Gasteiger partial charge is 0.127 e. The summed E-state index contributed by atoms with van der Waals surface area (Å²) in [4.78, 5) is 0. The molecule has 5 nitrogen and oxygen atoms in total. The second kappa shape index (κ2) is 8.49. The molecule has 2 aliphatic rings. The van der Waals surface area contributed by atoms with Gasteiger partial charge >= 0.3 is 0 Å². The van der Waals surface area contributed by atoms with Crippen molar-refractivity contribution in [3.63, 3.8) is 0 Å². The van der Waals surface area contributed by atoms with Gasteiger partial charge in [0.15, 0.2) is 0 Å². The summed E-state index contributed by atoms with van der Waals surface area (Å²) in [5.41, 5.74) is 4.97. The first-order chi connectivity index (χ1) is 15.6. The number of hydrogen-bond donors (Lipinski definition) is 1. The standard InChI is InChI=1S/C27H26N4O/c1-18-8-13-24(19(2)14-18)26-15-25(30-27-21(16-28)17-29-31(26)27)20-9-11-23(12-10-20)32-22-6-4-3-5-7-22/h3-14,17,21,25-27,30H,15H2,1-2H3. The Balaban J connectivity index is 1.42. The summed E-state index contributed by atoms with van der Waals surface area (Å²) in [6.45, 7) is 4.27. The predicted molar refractivity (Wildman–Crippen MR) is 125 cm³/mol. The summed E-state index contributed by atoms with van der Waals surface area (Å²) >= 11 is 0. The number of benzene rings is 3. The summed E-state index contributed by atoms with van der Waals surface area (Å²) < 4.78 is 5.95. The molecule has 0 aliphatic carbocycles. The lowest BCUT2D eigenvalue weighted by Crippen LogP contribution is -2.52. The molecule has 5 rings (SSSR count). The van der Waals surface area contributed by atoms with Crippen LogP contribution in [0.25, 0.3) is 0 Å². The topological polar surface area (TPSA) is 60.6 Å². The predicted octanol–water partition coefficient (Wildman–Crippen LogP) is 5.64. The van der Waals surface area contributed by atoms with Gasteiger partial charge in [0, 0.05) is 12.3 Å². The van der Waals surface area contributed by atoms with E-state index in [4.69, 9.17) is 4.74 Å².